The van der Waals surface area contributed by atoms with Crippen LogP contribution >= 0.6 is 11.6 Å². The molecule has 0 aliphatic heterocycles. The number of halogens is 3. The number of allylic oxidation sites excluding steroid dienone is 1. The van der Waals surface area contributed by atoms with Crippen molar-refractivity contribution in [3.05, 3.63) is 46.1 Å². The predicted octanol–water partition coefficient (Wildman–Crippen LogP) is 3.46. The van der Waals surface area contributed by atoms with E-state index < -0.39 is 22.4 Å². The molecule has 0 heterocycles. The first kappa shape index (κ1) is 13.0. The first-order valence-corrected chi connectivity index (χ1v) is 5.99. The Labute approximate surface area is 109 Å². The molecule has 18 heavy (non-hydrogen) atoms. The van der Waals surface area contributed by atoms with Crippen molar-refractivity contribution in [2.24, 2.45) is 0 Å². The molecule has 5 heteroatoms. The van der Waals surface area contributed by atoms with E-state index in [0.717, 1.165) is 25.0 Å². The van der Waals surface area contributed by atoms with E-state index in [-0.39, 0.29) is 5.56 Å². The van der Waals surface area contributed by atoms with Gasteiger partial charge in [0.05, 0.1) is 5.56 Å². The van der Waals surface area contributed by atoms with Gasteiger partial charge in [-0.05, 0) is 31.9 Å². The second-order valence-corrected chi connectivity index (χ2v) is 4.70. The van der Waals surface area contributed by atoms with Gasteiger partial charge < -0.3 is 5.32 Å². The highest BCUT2D eigenvalue weighted by molar-refractivity contribution is 6.31. The summed E-state index contributed by atoms with van der Waals surface area (Å²) in [6, 6.07) is 2.50. The molecule has 1 N–H and O–H groups in total. The molecule has 0 amide bonds. The van der Waals surface area contributed by atoms with Crippen molar-refractivity contribution in [2.75, 3.05) is 0 Å². The van der Waals surface area contributed by atoms with E-state index in [0.29, 0.717) is 11.6 Å². The first-order chi connectivity index (χ1) is 8.50. The number of carbonyl (C=O) groups is 1. The van der Waals surface area contributed by atoms with E-state index in [4.69, 9.17) is 11.6 Å². The molecule has 1 aromatic rings. The molecule has 1 aliphatic carbocycles. The maximum Gasteiger partial charge on any atom is 0.193 e. The minimum Gasteiger partial charge on any atom is -0.388 e. The van der Waals surface area contributed by atoms with Crippen molar-refractivity contribution in [1.82, 2.24) is 5.32 Å². The Morgan fingerprint density at radius 2 is 2.11 bits per heavy atom. The quantitative estimate of drug-likeness (QED) is 0.516. The highest BCUT2D eigenvalue weighted by Crippen LogP contribution is 2.24. The maximum absolute atomic E-state index is 13.6. The van der Waals surface area contributed by atoms with Gasteiger partial charge in [-0.15, -0.1) is 0 Å². The lowest BCUT2D eigenvalue weighted by molar-refractivity contribution is 0.103. The van der Waals surface area contributed by atoms with E-state index in [2.05, 4.69) is 5.32 Å². The largest absolute Gasteiger partial charge is 0.388 e. The number of ketones is 1. The van der Waals surface area contributed by atoms with Gasteiger partial charge in [0.25, 0.3) is 0 Å². The van der Waals surface area contributed by atoms with Crippen LogP contribution in [0.25, 0.3) is 0 Å². The third kappa shape index (κ3) is 2.70. The molecule has 0 aromatic heterocycles. The average molecular weight is 272 g/mol. The minimum absolute atomic E-state index is 0.215. The molecule has 2 rings (SSSR count). The van der Waals surface area contributed by atoms with E-state index in [9.17, 15) is 13.6 Å². The zero-order valence-corrected chi connectivity index (χ0v) is 10.5. The van der Waals surface area contributed by atoms with Crippen LogP contribution in [0.2, 0.25) is 5.02 Å². The van der Waals surface area contributed by atoms with Gasteiger partial charge in [-0.25, -0.2) is 8.78 Å². The van der Waals surface area contributed by atoms with E-state index >= 15 is 0 Å². The lowest BCUT2D eigenvalue weighted by Gasteiger charge is -2.05. The van der Waals surface area contributed by atoms with Gasteiger partial charge in [-0.3, -0.25) is 4.79 Å². The van der Waals surface area contributed by atoms with Crippen LogP contribution in [0.1, 0.15) is 30.1 Å². The molecule has 1 fully saturated rings. The Balaban J connectivity index is 2.22. The van der Waals surface area contributed by atoms with Crippen LogP contribution in [-0.4, -0.2) is 11.8 Å². The van der Waals surface area contributed by atoms with E-state index in [1.165, 1.54) is 0 Å². The topological polar surface area (TPSA) is 29.1 Å². The molecule has 0 unspecified atom stereocenters. The summed E-state index contributed by atoms with van der Waals surface area (Å²) in [7, 11) is 0. The molecule has 0 atom stereocenters. The number of hydrogen-bond acceptors (Lipinski definition) is 2. The standard InChI is InChI=1S/C13H12ClF2NO/c1-7(6-17-8-2-3-8)13(18)9-4-5-10(15)11(14)12(9)16/h4-6,8,17H,2-3H2,1H3/b7-6+. The minimum atomic E-state index is -1.01. The van der Waals surface area contributed by atoms with Crippen LogP contribution < -0.4 is 5.32 Å². The Kier molecular flexibility index (Phi) is 3.66. The summed E-state index contributed by atoms with van der Waals surface area (Å²) < 4.78 is 26.6. The zero-order chi connectivity index (χ0) is 13.3. The highest BCUT2D eigenvalue weighted by atomic mass is 35.5. The fourth-order valence-corrected chi connectivity index (χ4v) is 1.64. The smallest absolute Gasteiger partial charge is 0.193 e. The molecular formula is C13H12ClF2NO. The summed E-state index contributed by atoms with van der Waals surface area (Å²) >= 11 is 5.43. The Morgan fingerprint density at radius 1 is 1.44 bits per heavy atom. The molecule has 0 saturated heterocycles. The van der Waals surface area contributed by atoms with Gasteiger partial charge >= 0.3 is 0 Å². The molecule has 2 nitrogen and oxygen atoms in total. The van der Waals surface area contributed by atoms with Crippen LogP contribution in [0, 0.1) is 11.6 Å². The molecular weight excluding hydrogens is 260 g/mol. The third-order valence-electron chi connectivity index (χ3n) is 2.75. The number of hydrogen-bond donors (Lipinski definition) is 1. The second-order valence-electron chi connectivity index (χ2n) is 4.32. The summed E-state index contributed by atoms with van der Waals surface area (Å²) in [5.41, 5.74) is 0.149. The van der Waals surface area contributed by atoms with E-state index in [1.54, 1.807) is 13.1 Å². The molecule has 0 bridgehead atoms. The third-order valence-corrected chi connectivity index (χ3v) is 3.10. The van der Waals surface area contributed by atoms with Gasteiger partial charge in [0, 0.05) is 17.8 Å². The zero-order valence-electron chi connectivity index (χ0n) is 9.77. The fraction of sp³-hybridized carbons (Fsp3) is 0.308. The summed E-state index contributed by atoms with van der Waals surface area (Å²) in [6.45, 7) is 1.58. The van der Waals surface area contributed by atoms with Crippen molar-refractivity contribution in [3.8, 4) is 0 Å². The Hall–Kier alpha value is -1.42. The van der Waals surface area contributed by atoms with Crippen LogP contribution in [0.4, 0.5) is 8.78 Å². The first-order valence-electron chi connectivity index (χ1n) is 5.61. The van der Waals surface area contributed by atoms with Crippen molar-refractivity contribution < 1.29 is 13.6 Å². The molecule has 96 valence electrons. The van der Waals surface area contributed by atoms with Crippen LogP contribution in [0.5, 0.6) is 0 Å². The predicted molar refractivity (Wildman–Crippen MR) is 65.6 cm³/mol. The van der Waals surface area contributed by atoms with Gasteiger partial charge in [0.15, 0.2) is 11.6 Å². The monoisotopic (exact) mass is 271 g/mol. The number of Topliss-reactive ketones (excluding diaryl/α,β-unsaturated/α-hetero) is 1. The molecule has 1 aliphatic rings. The lowest BCUT2D eigenvalue weighted by Crippen LogP contribution is -2.12. The molecule has 1 aromatic carbocycles. The normalized spacial score (nSPS) is 15.7. The van der Waals surface area contributed by atoms with Crippen molar-refractivity contribution in [2.45, 2.75) is 25.8 Å². The molecule has 1 saturated carbocycles. The van der Waals surface area contributed by atoms with Crippen LogP contribution in [0.15, 0.2) is 23.9 Å². The average Bonchev–Trinajstić information content (AvgIpc) is 3.16. The lowest BCUT2D eigenvalue weighted by atomic mass is 10.0. The maximum atomic E-state index is 13.6. The Morgan fingerprint density at radius 3 is 2.72 bits per heavy atom. The summed E-state index contributed by atoms with van der Waals surface area (Å²) in [5.74, 6) is -2.38. The van der Waals surface area contributed by atoms with Gasteiger partial charge in [-0.2, -0.15) is 0 Å². The van der Waals surface area contributed by atoms with Gasteiger partial charge in [0.2, 0.25) is 0 Å². The van der Waals surface area contributed by atoms with Gasteiger partial charge in [-0.1, -0.05) is 11.6 Å². The summed E-state index contributed by atoms with van der Waals surface area (Å²) in [4.78, 5) is 11.9. The van der Waals surface area contributed by atoms with Crippen molar-refractivity contribution >= 4 is 17.4 Å². The molecule has 0 radical (unpaired) electrons. The fourth-order valence-electron chi connectivity index (χ4n) is 1.47. The van der Waals surface area contributed by atoms with E-state index in [1.807, 2.05) is 0 Å². The highest BCUT2D eigenvalue weighted by Gasteiger charge is 2.21. The summed E-state index contributed by atoms with van der Waals surface area (Å²) in [5, 5.41) is 2.39. The number of carbonyl (C=O) groups excluding carboxylic acids is 1. The number of benzene rings is 1. The molecule has 0 spiro atoms. The van der Waals surface area contributed by atoms with Crippen molar-refractivity contribution in [3.63, 3.8) is 0 Å². The van der Waals surface area contributed by atoms with Crippen LogP contribution in [0.3, 0.4) is 0 Å². The second kappa shape index (κ2) is 5.06. The summed E-state index contributed by atoms with van der Waals surface area (Å²) in [6.07, 6.45) is 3.72. The Bertz CT molecular complexity index is 524. The van der Waals surface area contributed by atoms with Gasteiger partial charge in [0.1, 0.15) is 10.8 Å². The van der Waals surface area contributed by atoms with Crippen molar-refractivity contribution in [1.29, 1.82) is 0 Å². The SMILES string of the molecule is C/C(=C\NC1CC1)C(=O)c1ccc(F)c(Cl)c1F. The van der Waals surface area contributed by atoms with Crippen LogP contribution in [-0.2, 0) is 0 Å². The number of rotatable bonds is 4. The number of nitrogens with one attached hydrogen (secondary N) is 1.